The zero-order valence-electron chi connectivity index (χ0n) is 10.7. The molecule has 5 nitrogen and oxygen atoms in total. The van der Waals surface area contributed by atoms with Crippen molar-refractivity contribution < 1.29 is 19.8 Å². The van der Waals surface area contributed by atoms with Gasteiger partial charge in [-0.15, -0.1) is 0 Å². The summed E-state index contributed by atoms with van der Waals surface area (Å²) in [5.74, 6) is -1.52. The summed E-state index contributed by atoms with van der Waals surface area (Å²) in [6.45, 7) is 2.95. The van der Waals surface area contributed by atoms with Crippen LogP contribution in [0.3, 0.4) is 0 Å². The second-order valence-electron chi connectivity index (χ2n) is 5.52. The minimum atomic E-state index is -0.857. The quantitative estimate of drug-likeness (QED) is 0.779. The van der Waals surface area contributed by atoms with E-state index in [-0.39, 0.29) is 5.91 Å². The van der Waals surface area contributed by atoms with Gasteiger partial charge in [-0.25, -0.2) is 0 Å². The smallest absolute Gasteiger partial charge is 0.307 e. The molecule has 18 heavy (non-hydrogen) atoms. The highest BCUT2D eigenvalue weighted by Gasteiger charge is 2.44. The van der Waals surface area contributed by atoms with Gasteiger partial charge in [-0.3, -0.25) is 9.59 Å². The third-order valence-corrected chi connectivity index (χ3v) is 4.35. The molecule has 1 amide bonds. The number of β-amino-alcohol motifs (C(OH)–C–C–N with tert-alkyl or cyclic N) is 1. The molecular formula is C13H21NO4. The van der Waals surface area contributed by atoms with Crippen molar-refractivity contribution in [2.24, 2.45) is 17.8 Å². The molecule has 0 aromatic rings. The van der Waals surface area contributed by atoms with Crippen molar-refractivity contribution in [1.29, 1.82) is 0 Å². The molecule has 1 saturated heterocycles. The monoisotopic (exact) mass is 255 g/mol. The van der Waals surface area contributed by atoms with Gasteiger partial charge in [-0.1, -0.05) is 13.3 Å². The molecule has 0 spiro atoms. The Morgan fingerprint density at radius 2 is 1.94 bits per heavy atom. The minimum Gasteiger partial charge on any atom is -0.481 e. The number of hydrogen-bond donors (Lipinski definition) is 2. The zero-order valence-corrected chi connectivity index (χ0v) is 10.7. The summed E-state index contributed by atoms with van der Waals surface area (Å²) >= 11 is 0. The van der Waals surface area contributed by atoms with Crippen LogP contribution in [0, 0.1) is 17.8 Å². The second-order valence-corrected chi connectivity index (χ2v) is 5.52. The third-order valence-electron chi connectivity index (χ3n) is 4.35. The fourth-order valence-electron chi connectivity index (χ4n) is 3.20. The Balaban J connectivity index is 2.05. The van der Waals surface area contributed by atoms with E-state index in [0.29, 0.717) is 38.3 Å². The number of carbonyl (C=O) groups excluding carboxylic acids is 1. The lowest BCUT2D eigenvalue weighted by molar-refractivity contribution is -0.148. The van der Waals surface area contributed by atoms with E-state index in [4.69, 9.17) is 0 Å². The molecule has 0 bridgehead atoms. The fraction of sp³-hybridized carbons (Fsp3) is 0.846. The maximum Gasteiger partial charge on any atom is 0.307 e. The van der Waals surface area contributed by atoms with Gasteiger partial charge in [0.05, 0.1) is 17.9 Å². The number of nitrogens with zero attached hydrogens (tertiary/aromatic N) is 1. The Morgan fingerprint density at radius 3 is 2.44 bits per heavy atom. The normalized spacial score (nSPS) is 36.0. The first kappa shape index (κ1) is 13.3. The number of aliphatic carboxylic acids is 1. The van der Waals surface area contributed by atoms with Crippen LogP contribution in [-0.2, 0) is 9.59 Å². The lowest BCUT2D eigenvalue weighted by Crippen LogP contribution is -2.38. The molecule has 4 atom stereocenters. The van der Waals surface area contributed by atoms with E-state index in [1.807, 2.05) is 6.92 Å². The van der Waals surface area contributed by atoms with Crippen LogP contribution in [0.1, 0.15) is 32.6 Å². The Kier molecular flexibility index (Phi) is 3.90. The summed E-state index contributed by atoms with van der Waals surface area (Å²) in [5.41, 5.74) is 0. The van der Waals surface area contributed by atoms with Crippen molar-refractivity contribution in [2.75, 3.05) is 13.1 Å². The summed E-state index contributed by atoms with van der Waals surface area (Å²) < 4.78 is 0. The molecular weight excluding hydrogens is 234 g/mol. The van der Waals surface area contributed by atoms with Crippen LogP contribution in [-0.4, -0.2) is 46.2 Å². The van der Waals surface area contributed by atoms with Crippen molar-refractivity contribution in [1.82, 2.24) is 4.90 Å². The predicted octanol–water partition coefficient (Wildman–Crippen LogP) is 0.717. The molecule has 2 fully saturated rings. The van der Waals surface area contributed by atoms with Gasteiger partial charge >= 0.3 is 5.97 Å². The van der Waals surface area contributed by atoms with Crippen molar-refractivity contribution >= 4 is 11.9 Å². The van der Waals surface area contributed by atoms with Crippen LogP contribution in [0.25, 0.3) is 0 Å². The number of carboxylic acid groups (broad SMARTS) is 1. The van der Waals surface area contributed by atoms with E-state index in [2.05, 4.69) is 0 Å². The molecule has 1 unspecified atom stereocenters. The Labute approximate surface area is 107 Å². The van der Waals surface area contributed by atoms with Crippen molar-refractivity contribution in [2.45, 2.75) is 38.7 Å². The van der Waals surface area contributed by atoms with Crippen LogP contribution < -0.4 is 0 Å². The van der Waals surface area contributed by atoms with E-state index in [0.717, 1.165) is 6.42 Å². The summed E-state index contributed by atoms with van der Waals surface area (Å²) in [6.07, 6.45) is 2.38. The molecule has 1 aliphatic carbocycles. The number of carbonyl (C=O) groups is 2. The largest absolute Gasteiger partial charge is 0.481 e. The topological polar surface area (TPSA) is 77.8 Å². The average Bonchev–Trinajstić information content (AvgIpc) is 2.93. The second kappa shape index (κ2) is 5.26. The molecule has 0 aromatic heterocycles. The van der Waals surface area contributed by atoms with Gasteiger partial charge in [0.2, 0.25) is 5.91 Å². The van der Waals surface area contributed by atoms with Crippen LogP contribution in [0.15, 0.2) is 0 Å². The van der Waals surface area contributed by atoms with Crippen molar-refractivity contribution in [3.05, 3.63) is 0 Å². The summed E-state index contributed by atoms with van der Waals surface area (Å²) in [5, 5.41) is 18.7. The first-order valence-corrected chi connectivity index (χ1v) is 6.72. The van der Waals surface area contributed by atoms with Crippen LogP contribution in [0.2, 0.25) is 0 Å². The van der Waals surface area contributed by atoms with E-state index in [1.165, 1.54) is 0 Å². The van der Waals surface area contributed by atoms with Gasteiger partial charge in [-0.05, 0) is 25.2 Å². The number of likely N-dealkylation sites (tertiary alicyclic amines) is 1. The first-order valence-electron chi connectivity index (χ1n) is 6.72. The average molecular weight is 255 g/mol. The maximum absolute atomic E-state index is 12.3. The number of rotatable bonds is 3. The van der Waals surface area contributed by atoms with Gasteiger partial charge in [0.25, 0.3) is 0 Å². The molecule has 2 rings (SSSR count). The number of aliphatic hydroxyl groups excluding tert-OH is 1. The molecule has 5 heteroatoms. The fourth-order valence-corrected chi connectivity index (χ4v) is 3.20. The van der Waals surface area contributed by atoms with Crippen molar-refractivity contribution in [3.63, 3.8) is 0 Å². The van der Waals surface area contributed by atoms with Gasteiger partial charge in [0.1, 0.15) is 0 Å². The van der Waals surface area contributed by atoms with E-state index < -0.39 is 23.9 Å². The van der Waals surface area contributed by atoms with Gasteiger partial charge in [0.15, 0.2) is 0 Å². The molecule has 102 valence electrons. The summed E-state index contributed by atoms with van der Waals surface area (Å²) in [7, 11) is 0. The van der Waals surface area contributed by atoms with E-state index in [9.17, 15) is 19.8 Å². The minimum absolute atomic E-state index is 0.0742. The number of carboxylic acids is 1. The van der Waals surface area contributed by atoms with Crippen LogP contribution in [0.5, 0.6) is 0 Å². The zero-order chi connectivity index (χ0) is 13.3. The molecule has 2 aliphatic rings. The molecule has 0 radical (unpaired) electrons. The highest BCUT2D eigenvalue weighted by molar-refractivity contribution is 5.85. The summed E-state index contributed by atoms with van der Waals surface area (Å²) in [6, 6.07) is 0. The van der Waals surface area contributed by atoms with E-state index >= 15 is 0 Å². The lowest BCUT2D eigenvalue weighted by atomic mass is 9.95. The molecule has 1 heterocycles. The first-order chi connectivity index (χ1) is 8.52. The lowest BCUT2D eigenvalue weighted by Gasteiger charge is -2.22. The van der Waals surface area contributed by atoms with Gasteiger partial charge in [0, 0.05) is 13.1 Å². The highest BCUT2D eigenvalue weighted by Crippen LogP contribution is 2.39. The van der Waals surface area contributed by atoms with Gasteiger partial charge < -0.3 is 15.1 Å². The number of amides is 1. The number of hydrogen-bond acceptors (Lipinski definition) is 3. The standard InChI is InChI=1S/C13H21NO4/c1-2-8-5-10(11(6-8)13(17)18)12(16)14-4-3-9(15)7-14/h8-11,15H,2-7H2,1H3,(H,17,18)/t8?,9-,10-,11+/m0/s1. The van der Waals surface area contributed by atoms with E-state index in [1.54, 1.807) is 4.90 Å². The summed E-state index contributed by atoms with van der Waals surface area (Å²) in [4.78, 5) is 25.2. The molecule has 1 saturated carbocycles. The SMILES string of the molecule is CCC1C[C@H](C(=O)N2CC[C@H](O)C2)[C@H](C(=O)O)C1. The Bertz CT molecular complexity index is 344. The predicted molar refractivity (Wildman–Crippen MR) is 64.8 cm³/mol. The van der Waals surface area contributed by atoms with Crippen LogP contribution >= 0.6 is 0 Å². The van der Waals surface area contributed by atoms with Crippen LogP contribution in [0.4, 0.5) is 0 Å². The molecule has 2 N–H and O–H groups in total. The Hall–Kier alpha value is -1.10. The van der Waals surface area contributed by atoms with Gasteiger partial charge in [-0.2, -0.15) is 0 Å². The molecule has 0 aromatic carbocycles. The Morgan fingerprint density at radius 1 is 1.28 bits per heavy atom. The maximum atomic E-state index is 12.3. The molecule has 1 aliphatic heterocycles. The number of aliphatic hydroxyl groups is 1. The van der Waals surface area contributed by atoms with Crippen molar-refractivity contribution in [3.8, 4) is 0 Å². The third kappa shape index (κ3) is 2.51. The highest BCUT2D eigenvalue weighted by atomic mass is 16.4.